The zero-order valence-electron chi connectivity index (χ0n) is 42.4. The zero-order valence-corrected chi connectivity index (χ0v) is 42.4. The summed E-state index contributed by atoms with van der Waals surface area (Å²) in [5, 5.41) is 4.75. The van der Waals surface area contributed by atoms with Crippen molar-refractivity contribution in [3.8, 4) is 44.5 Å². The second-order valence-electron chi connectivity index (χ2n) is 20.0. The maximum atomic E-state index is 2.47. The van der Waals surface area contributed by atoms with Crippen molar-refractivity contribution in [3.05, 3.63) is 338 Å². The summed E-state index contributed by atoms with van der Waals surface area (Å²) >= 11 is 0. The first kappa shape index (κ1) is 45.6. The molecule has 0 spiro atoms. The molecule has 13 aromatic rings. The van der Waals surface area contributed by atoms with Crippen molar-refractivity contribution in [2.24, 2.45) is 0 Å². The molecule has 0 aliphatic heterocycles. The van der Waals surface area contributed by atoms with Crippen molar-refractivity contribution < 1.29 is 0 Å². The number of hydrogen-bond acceptors (Lipinski definition) is 2. The number of benzene rings is 13. The fraction of sp³-hybridized carbons (Fsp3) is 0.0133. The highest BCUT2D eigenvalue weighted by Gasteiger charge is 2.46. The highest BCUT2D eigenvalue weighted by Crippen LogP contribution is 2.57. The summed E-state index contributed by atoms with van der Waals surface area (Å²) in [6, 6.07) is 116. The van der Waals surface area contributed by atoms with Gasteiger partial charge in [0.1, 0.15) is 0 Å². The molecular formula is C75H52N2. The molecule has 2 heteroatoms. The second-order valence-corrected chi connectivity index (χ2v) is 20.0. The molecule has 0 atom stereocenters. The molecule has 0 radical (unpaired) electrons. The quantitative estimate of drug-likeness (QED) is 0.127. The smallest absolute Gasteiger partial charge is 0.0714 e. The van der Waals surface area contributed by atoms with Crippen LogP contribution in [0.4, 0.5) is 34.1 Å². The average Bonchev–Trinajstić information content (AvgIpc) is 3.83. The topological polar surface area (TPSA) is 6.48 Å². The van der Waals surface area contributed by atoms with Gasteiger partial charge in [-0.15, -0.1) is 0 Å². The summed E-state index contributed by atoms with van der Waals surface area (Å²) in [6.07, 6.45) is 0. The Labute approximate surface area is 450 Å². The van der Waals surface area contributed by atoms with Crippen LogP contribution in [-0.2, 0) is 5.41 Å². The molecule has 0 heterocycles. The third kappa shape index (κ3) is 7.89. The highest BCUT2D eigenvalue weighted by atomic mass is 15.1. The summed E-state index contributed by atoms with van der Waals surface area (Å²) in [6.45, 7) is 0. The van der Waals surface area contributed by atoms with Gasteiger partial charge in [0.2, 0.25) is 0 Å². The summed E-state index contributed by atoms with van der Waals surface area (Å²) < 4.78 is 0. The van der Waals surface area contributed by atoms with Crippen molar-refractivity contribution in [2.75, 3.05) is 9.80 Å². The van der Waals surface area contributed by atoms with Gasteiger partial charge in [-0.25, -0.2) is 0 Å². The fourth-order valence-corrected chi connectivity index (χ4v) is 12.2. The number of nitrogens with zero attached hydrogens (tertiary/aromatic N) is 2. The van der Waals surface area contributed by atoms with Gasteiger partial charge in [-0.05, 0) is 138 Å². The average molecular weight is 981 g/mol. The Morgan fingerprint density at radius 3 is 1.22 bits per heavy atom. The van der Waals surface area contributed by atoms with Gasteiger partial charge in [-0.2, -0.15) is 0 Å². The molecule has 0 bridgehead atoms. The Kier molecular flexibility index (Phi) is 11.5. The lowest BCUT2D eigenvalue weighted by Crippen LogP contribution is -2.28. The van der Waals surface area contributed by atoms with Crippen molar-refractivity contribution in [1.29, 1.82) is 0 Å². The first-order valence-corrected chi connectivity index (χ1v) is 26.6. The van der Waals surface area contributed by atoms with Gasteiger partial charge in [-0.1, -0.05) is 255 Å². The molecule has 0 saturated heterocycles. The van der Waals surface area contributed by atoms with Crippen LogP contribution in [0.1, 0.15) is 22.3 Å². The first-order chi connectivity index (χ1) is 38.2. The van der Waals surface area contributed by atoms with E-state index in [4.69, 9.17) is 0 Å². The Morgan fingerprint density at radius 2 is 0.623 bits per heavy atom. The van der Waals surface area contributed by atoms with E-state index < -0.39 is 5.41 Å². The predicted octanol–water partition coefficient (Wildman–Crippen LogP) is 20.3. The van der Waals surface area contributed by atoms with Crippen molar-refractivity contribution in [2.45, 2.75) is 5.41 Å². The molecule has 362 valence electrons. The van der Waals surface area contributed by atoms with Gasteiger partial charge in [0.05, 0.1) is 16.8 Å². The van der Waals surface area contributed by atoms with E-state index in [0.717, 1.165) is 39.7 Å². The van der Waals surface area contributed by atoms with Crippen molar-refractivity contribution >= 4 is 55.7 Å². The van der Waals surface area contributed by atoms with E-state index in [1.54, 1.807) is 0 Å². The SMILES string of the molecule is c1ccc(-c2ccc(N(c3ccc(-c4ccccc4)cc3)c3ccc(-c4ccc(N(c5ccc6c(c5)C(c5ccccc5)(c5ccccc5)c5ccccc5-6)c5cccc6ccccc56)cc4)c4ccccc34)cc2)cc1. The van der Waals surface area contributed by atoms with Crippen LogP contribution in [0.2, 0.25) is 0 Å². The largest absolute Gasteiger partial charge is 0.310 e. The van der Waals surface area contributed by atoms with Gasteiger partial charge in [0.15, 0.2) is 0 Å². The molecule has 1 aliphatic rings. The maximum absolute atomic E-state index is 2.47. The van der Waals surface area contributed by atoms with E-state index >= 15 is 0 Å². The molecule has 0 aromatic heterocycles. The van der Waals surface area contributed by atoms with Crippen LogP contribution in [0.25, 0.3) is 66.1 Å². The number of anilines is 6. The summed E-state index contributed by atoms with van der Waals surface area (Å²) in [4.78, 5) is 4.86. The van der Waals surface area contributed by atoms with Crippen molar-refractivity contribution in [1.82, 2.24) is 0 Å². The minimum Gasteiger partial charge on any atom is -0.310 e. The molecule has 13 aromatic carbocycles. The molecule has 2 nitrogen and oxygen atoms in total. The highest BCUT2D eigenvalue weighted by molar-refractivity contribution is 6.07. The van der Waals surface area contributed by atoms with E-state index in [2.05, 4.69) is 325 Å². The van der Waals surface area contributed by atoms with Crippen LogP contribution in [0, 0.1) is 0 Å². The van der Waals surface area contributed by atoms with E-state index in [1.807, 2.05) is 0 Å². The third-order valence-corrected chi connectivity index (χ3v) is 15.8. The molecule has 0 saturated carbocycles. The van der Waals surface area contributed by atoms with Gasteiger partial charge in [0.25, 0.3) is 0 Å². The molecule has 0 N–H and O–H groups in total. The summed E-state index contributed by atoms with van der Waals surface area (Å²) in [5.41, 5.74) is 20.8. The molecule has 1 aliphatic carbocycles. The Morgan fingerprint density at radius 1 is 0.221 bits per heavy atom. The van der Waals surface area contributed by atoms with Crippen LogP contribution < -0.4 is 9.80 Å². The maximum Gasteiger partial charge on any atom is 0.0714 e. The van der Waals surface area contributed by atoms with Gasteiger partial charge >= 0.3 is 0 Å². The van der Waals surface area contributed by atoms with E-state index in [1.165, 1.54) is 82.7 Å². The Bertz CT molecular complexity index is 4100. The zero-order chi connectivity index (χ0) is 51.1. The Balaban J connectivity index is 0.899. The lowest BCUT2D eigenvalue weighted by Gasteiger charge is -2.35. The molecular weight excluding hydrogens is 929 g/mol. The van der Waals surface area contributed by atoms with E-state index in [0.29, 0.717) is 0 Å². The molecule has 0 amide bonds. The molecule has 77 heavy (non-hydrogen) atoms. The second kappa shape index (κ2) is 19.4. The lowest BCUT2D eigenvalue weighted by molar-refractivity contribution is 0.768. The summed E-state index contributed by atoms with van der Waals surface area (Å²) in [5.74, 6) is 0. The molecule has 0 fully saturated rings. The normalized spacial score (nSPS) is 12.3. The van der Waals surface area contributed by atoms with E-state index in [9.17, 15) is 0 Å². The number of rotatable bonds is 11. The molecule has 0 unspecified atom stereocenters. The number of fused-ring (bicyclic) bond motifs is 5. The molecule has 14 rings (SSSR count). The monoisotopic (exact) mass is 980 g/mol. The third-order valence-electron chi connectivity index (χ3n) is 15.8. The van der Waals surface area contributed by atoms with Crippen LogP contribution >= 0.6 is 0 Å². The predicted molar refractivity (Wildman–Crippen MR) is 324 cm³/mol. The lowest BCUT2D eigenvalue weighted by atomic mass is 9.67. The van der Waals surface area contributed by atoms with Crippen molar-refractivity contribution in [3.63, 3.8) is 0 Å². The standard InChI is InChI=1S/C75H52N2/c1-5-20-53(21-6-1)55-36-42-61(43-37-55)76(62-44-38-56(39-45-62)54-22-7-2-8-23-54)74-51-50-65(67-31-15-16-33-70(67)74)58-40-46-63(47-41-58)77(73-35-19-25-57-24-13-14-30-66(57)73)64-48-49-69-68-32-17-18-34-71(68)75(72(69)52-64,59-26-9-3-10-27-59)60-28-11-4-12-29-60/h1-52H. The van der Waals surface area contributed by atoms with Crippen LogP contribution in [0.15, 0.2) is 315 Å². The van der Waals surface area contributed by atoms with Crippen LogP contribution in [0.5, 0.6) is 0 Å². The number of hydrogen-bond donors (Lipinski definition) is 0. The first-order valence-electron chi connectivity index (χ1n) is 26.6. The van der Waals surface area contributed by atoms with E-state index in [-0.39, 0.29) is 0 Å². The Hall–Kier alpha value is -10.0. The minimum atomic E-state index is -0.529. The summed E-state index contributed by atoms with van der Waals surface area (Å²) in [7, 11) is 0. The van der Waals surface area contributed by atoms with Gasteiger partial charge in [0, 0.05) is 33.5 Å². The fourth-order valence-electron chi connectivity index (χ4n) is 12.2. The van der Waals surface area contributed by atoms with Gasteiger partial charge < -0.3 is 9.80 Å². The van der Waals surface area contributed by atoms with Crippen LogP contribution in [-0.4, -0.2) is 0 Å². The van der Waals surface area contributed by atoms with Crippen LogP contribution in [0.3, 0.4) is 0 Å². The van der Waals surface area contributed by atoms with Gasteiger partial charge in [-0.3, -0.25) is 0 Å². The minimum absolute atomic E-state index is 0.529.